The van der Waals surface area contributed by atoms with Crippen molar-refractivity contribution in [1.82, 2.24) is 5.32 Å². The number of hydrogen-bond donors (Lipinski definition) is 1. The second kappa shape index (κ2) is 5.79. The van der Waals surface area contributed by atoms with Gasteiger partial charge in [0.25, 0.3) is 0 Å². The van der Waals surface area contributed by atoms with E-state index in [-0.39, 0.29) is 6.04 Å². The van der Waals surface area contributed by atoms with E-state index < -0.39 is 0 Å². The van der Waals surface area contributed by atoms with Gasteiger partial charge in [0.2, 0.25) is 0 Å². The van der Waals surface area contributed by atoms with Crippen molar-refractivity contribution in [2.45, 2.75) is 13.0 Å². The molecule has 1 aromatic rings. The van der Waals surface area contributed by atoms with Gasteiger partial charge in [0.1, 0.15) is 12.4 Å². The molecule has 1 atom stereocenters. The minimum atomic E-state index is 0.170. The van der Waals surface area contributed by atoms with Crippen LogP contribution in [-0.4, -0.2) is 19.7 Å². The molecule has 0 aromatic heterocycles. The molecule has 1 unspecified atom stereocenters. The predicted octanol–water partition coefficient (Wildman–Crippen LogP) is 2.88. The first kappa shape index (κ1) is 12.1. The molecule has 1 N–H and O–H groups in total. The van der Waals surface area contributed by atoms with Gasteiger partial charge in [-0.05, 0) is 32.2 Å². The SMILES string of the molecule is C=C(C)C(COc1cccc(Cl)c1)NC. The van der Waals surface area contributed by atoms with Gasteiger partial charge in [0.15, 0.2) is 0 Å². The lowest BCUT2D eigenvalue weighted by Crippen LogP contribution is -2.32. The van der Waals surface area contributed by atoms with E-state index in [0.29, 0.717) is 11.6 Å². The summed E-state index contributed by atoms with van der Waals surface area (Å²) in [6.45, 7) is 6.42. The first-order valence-corrected chi connectivity index (χ1v) is 5.22. The van der Waals surface area contributed by atoms with Crippen LogP contribution in [0.4, 0.5) is 0 Å². The summed E-state index contributed by atoms with van der Waals surface area (Å²) in [5.41, 5.74) is 1.06. The van der Waals surface area contributed by atoms with Gasteiger partial charge in [0.05, 0.1) is 6.04 Å². The fourth-order valence-corrected chi connectivity index (χ4v) is 1.39. The molecule has 3 heteroatoms. The molecule has 1 aromatic carbocycles. The van der Waals surface area contributed by atoms with Crippen molar-refractivity contribution in [1.29, 1.82) is 0 Å². The lowest BCUT2D eigenvalue weighted by Gasteiger charge is -2.16. The second-order valence-corrected chi connectivity index (χ2v) is 3.89. The van der Waals surface area contributed by atoms with Crippen molar-refractivity contribution in [2.24, 2.45) is 0 Å². The highest BCUT2D eigenvalue weighted by Gasteiger charge is 2.07. The summed E-state index contributed by atoms with van der Waals surface area (Å²) in [5, 5.41) is 3.81. The number of rotatable bonds is 5. The molecule has 0 aliphatic heterocycles. The lowest BCUT2D eigenvalue weighted by molar-refractivity contribution is 0.287. The number of likely N-dealkylation sites (N-methyl/N-ethyl adjacent to an activating group) is 1. The maximum Gasteiger partial charge on any atom is 0.120 e. The molecule has 1 rings (SSSR count). The highest BCUT2D eigenvalue weighted by molar-refractivity contribution is 6.30. The van der Waals surface area contributed by atoms with E-state index in [1.165, 1.54) is 0 Å². The fraction of sp³-hybridized carbons (Fsp3) is 0.333. The smallest absolute Gasteiger partial charge is 0.120 e. The molecule has 15 heavy (non-hydrogen) atoms. The molecule has 0 saturated heterocycles. The fourth-order valence-electron chi connectivity index (χ4n) is 1.21. The van der Waals surface area contributed by atoms with Gasteiger partial charge in [-0.25, -0.2) is 0 Å². The standard InChI is InChI=1S/C12H16ClNO/c1-9(2)12(14-3)8-15-11-6-4-5-10(13)7-11/h4-7,12,14H,1,8H2,2-3H3. The third-order valence-electron chi connectivity index (χ3n) is 2.16. The first-order chi connectivity index (χ1) is 7.13. The van der Waals surface area contributed by atoms with E-state index in [1.807, 2.05) is 32.2 Å². The molecule has 0 spiro atoms. The van der Waals surface area contributed by atoms with E-state index in [0.717, 1.165) is 11.3 Å². The molecular weight excluding hydrogens is 210 g/mol. The zero-order valence-electron chi connectivity index (χ0n) is 9.09. The molecule has 0 saturated carbocycles. The van der Waals surface area contributed by atoms with Crippen LogP contribution in [0.3, 0.4) is 0 Å². The second-order valence-electron chi connectivity index (χ2n) is 3.46. The maximum atomic E-state index is 5.84. The largest absolute Gasteiger partial charge is 0.492 e. The third kappa shape index (κ3) is 3.94. The Bertz CT molecular complexity index is 338. The topological polar surface area (TPSA) is 21.3 Å². The van der Waals surface area contributed by atoms with Gasteiger partial charge >= 0.3 is 0 Å². The van der Waals surface area contributed by atoms with Crippen LogP contribution >= 0.6 is 11.6 Å². The van der Waals surface area contributed by atoms with Crippen LogP contribution < -0.4 is 10.1 Å². The van der Waals surface area contributed by atoms with Crippen molar-refractivity contribution >= 4 is 11.6 Å². The Morgan fingerprint density at radius 3 is 2.87 bits per heavy atom. The van der Waals surface area contributed by atoms with Gasteiger partial charge in [-0.15, -0.1) is 0 Å². The van der Waals surface area contributed by atoms with Crippen LogP contribution in [-0.2, 0) is 0 Å². The lowest BCUT2D eigenvalue weighted by atomic mass is 10.2. The molecule has 0 radical (unpaired) electrons. The molecule has 0 aliphatic carbocycles. The Morgan fingerprint density at radius 2 is 2.33 bits per heavy atom. The predicted molar refractivity (Wildman–Crippen MR) is 64.6 cm³/mol. The zero-order chi connectivity index (χ0) is 11.3. The van der Waals surface area contributed by atoms with Gasteiger partial charge in [-0.3, -0.25) is 0 Å². The number of halogens is 1. The van der Waals surface area contributed by atoms with Crippen LogP contribution in [0.5, 0.6) is 5.75 Å². The maximum absolute atomic E-state index is 5.84. The van der Waals surface area contributed by atoms with E-state index in [1.54, 1.807) is 6.07 Å². The Labute approximate surface area is 95.9 Å². The van der Waals surface area contributed by atoms with Gasteiger partial charge in [-0.2, -0.15) is 0 Å². The molecule has 0 amide bonds. The number of nitrogens with one attached hydrogen (secondary N) is 1. The van der Waals surface area contributed by atoms with Gasteiger partial charge < -0.3 is 10.1 Å². The van der Waals surface area contributed by atoms with Crippen LogP contribution in [0.25, 0.3) is 0 Å². The Balaban J connectivity index is 2.52. The third-order valence-corrected chi connectivity index (χ3v) is 2.39. The molecule has 0 fully saturated rings. The highest BCUT2D eigenvalue weighted by atomic mass is 35.5. The van der Waals surface area contributed by atoms with Crippen molar-refractivity contribution < 1.29 is 4.74 Å². The Hall–Kier alpha value is -0.990. The van der Waals surface area contributed by atoms with E-state index in [9.17, 15) is 0 Å². The van der Waals surface area contributed by atoms with E-state index >= 15 is 0 Å². The first-order valence-electron chi connectivity index (χ1n) is 4.84. The van der Waals surface area contributed by atoms with Crippen LogP contribution in [0, 0.1) is 0 Å². The quantitative estimate of drug-likeness (QED) is 0.779. The normalized spacial score (nSPS) is 12.2. The Morgan fingerprint density at radius 1 is 1.60 bits per heavy atom. The molecule has 0 aliphatic rings. The summed E-state index contributed by atoms with van der Waals surface area (Å²) < 4.78 is 5.59. The summed E-state index contributed by atoms with van der Waals surface area (Å²) >= 11 is 5.84. The number of hydrogen-bond acceptors (Lipinski definition) is 2. The van der Waals surface area contributed by atoms with Crippen molar-refractivity contribution in [3.63, 3.8) is 0 Å². The number of ether oxygens (including phenoxy) is 1. The summed E-state index contributed by atoms with van der Waals surface area (Å²) in [5.74, 6) is 0.781. The minimum absolute atomic E-state index is 0.170. The molecule has 0 heterocycles. The zero-order valence-corrected chi connectivity index (χ0v) is 9.84. The summed E-state index contributed by atoms with van der Waals surface area (Å²) in [6.07, 6.45) is 0. The number of benzene rings is 1. The summed E-state index contributed by atoms with van der Waals surface area (Å²) in [6, 6.07) is 7.54. The van der Waals surface area contributed by atoms with Crippen LogP contribution in [0.15, 0.2) is 36.4 Å². The van der Waals surface area contributed by atoms with E-state index in [2.05, 4.69) is 11.9 Å². The molecule has 0 bridgehead atoms. The van der Waals surface area contributed by atoms with Crippen molar-refractivity contribution in [3.8, 4) is 5.75 Å². The van der Waals surface area contributed by atoms with Crippen molar-refractivity contribution in [3.05, 3.63) is 41.4 Å². The van der Waals surface area contributed by atoms with Crippen LogP contribution in [0.2, 0.25) is 5.02 Å². The van der Waals surface area contributed by atoms with Crippen molar-refractivity contribution in [2.75, 3.05) is 13.7 Å². The Kier molecular flexibility index (Phi) is 4.66. The average Bonchev–Trinajstić information content (AvgIpc) is 2.18. The summed E-state index contributed by atoms with van der Waals surface area (Å²) in [4.78, 5) is 0. The molecular formula is C12H16ClNO. The van der Waals surface area contributed by atoms with Gasteiger partial charge in [0, 0.05) is 5.02 Å². The highest BCUT2D eigenvalue weighted by Crippen LogP contribution is 2.17. The molecule has 82 valence electrons. The minimum Gasteiger partial charge on any atom is -0.492 e. The molecule has 2 nitrogen and oxygen atoms in total. The van der Waals surface area contributed by atoms with Gasteiger partial charge in [-0.1, -0.05) is 29.8 Å². The van der Waals surface area contributed by atoms with E-state index in [4.69, 9.17) is 16.3 Å². The van der Waals surface area contributed by atoms with Crippen LogP contribution in [0.1, 0.15) is 6.92 Å². The average molecular weight is 226 g/mol. The monoisotopic (exact) mass is 225 g/mol. The summed E-state index contributed by atoms with van der Waals surface area (Å²) in [7, 11) is 1.89.